The average Bonchev–Trinajstić information content (AvgIpc) is 1.56. The third kappa shape index (κ3) is 32.2. The molecule has 0 aromatic heterocycles. The van der Waals surface area contributed by atoms with Gasteiger partial charge in [0, 0.05) is 146 Å². The molecular weight excluding hydrogens is 1780 g/mol. The number of rotatable bonds is 44. The van der Waals surface area contributed by atoms with E-state index in [1.165, 1.54) is 0 Å². The second-order valence-corrected chi connectivity index (χ2v) is 47.3. The summed E-state index contributed by atoms with van der Waals surface area (Å²) in [6.45, 7) is 24.5. The van der Waals surface area contributed by atoms with Crippen LogP contribution in [0.4, 0.5) is 0 Å². The van der Waals surface area contributed by atoms with E-state index in [0.29, 0.717) is 38.5 Å². The summed E-state index contributed by atoms with van der Waals surface area (Å²) >= 11 is 0. The summed E-state index contributed by atoms with van der Waals surface area (Å²) in [6.07, 6.45) is 3.74. The molecule has 0 radical (unpaired) electrons. The standard InChI is InChI=1S/2C14H31BN4O6S.C13H27BN4O6S.2C13H29BN4O6S/c2*1-12(2,16)13(3,4)18-26(24,25)19-8-10(6-5-7-15(22)23)14(17,9-19)11(20)21;1-11(15)7-12(11,2)17-25(23,24)18-6-9(4-3-5-14(21)22)13(16,8-18)10(19)20;2*1-9(15)12(2,3)17-25(23,24)18-7-10(5-4-6-14(21)22)13(16,8-18)11(19)20/h2*10,18,22-23H,5-9,16-17H2,1-4H3,(H,20,21);9,17,21-22H,3-8,15-16H2,1-2H3,(H,19,20);2*9-10,17,21-22H,4-8,15-16H2,1-3H3,(H,19,20)/t2*10-,14-;9-,11+,12+,13-;9-,10+,13+;9-,10-,13-/m00010/s1. The summed E-state index contributed by atoms with van der Waals surface area (Å²) in [5.74, 6) is -9.63. The fourth-order valence-corrected chi connectivity index (χ4v) is 23.1. The van der Waals surface area contributed by atoms with Gasteiger partial charge in [0.2, 0.25) is 0 Å². The molecule has 6 fully saturated rings. The molecule has 0 bridgehead atoms. The van der Waals surface area contributed by atoms with Gasteiger partial charge in [-0.25, -0.2) is 0 Å². The summed E-state index contributed by atoms with van der Waals surface area (Å²) in [6, 6.07) is -0.928. The molecule has 50 nitrogen and oxygen atoms in total. The van der Waals surface area contributed by atoms with E-state index < -0.39 is 230 Å². The first-order valence-corrected chi connectivity index (χ1v) is 48.7. The lowest BCUT2D eigenvalue weighted by Crippen LogP contribution is -2.64. The molecule has 0 aromatic rings. The van der Waals surface area contributed by atoms with Crippen LogP contribution in [0.5, 0.6) is 0 Å². The van der Waals surface area contributed by atoms with Crippen LogP contribution in [-0.2, 0) is 75.0 Å². The molecule has 6 aliphatic rings. The van der Waals surface area contributed by atoms with Crippen molar-refractivity contribution in [1.82, 2.24) is 45.1 Å². The zero-order chi connectivity index (χ0) is 99.6. The summed E-state index contributed by atoms with van der Waals surface area (Å²) in [4.78, 5) is 58.2. The molecule has 740 valence electrons. The van der Waals surface area contributed by atoms with Gasteiger partial charge in [-0.05, 0) is 181 Å². The molecule has 0 aromatic carbocycles. The number of hydrogen-bond acceptors (Lipinski definition) is 35. The van der Waals surface area contributed by atoms with E-state index in [4.69, 9.17) is 108 Å². The highest BCUT2D eigenvalue weighted by atomic mass is 32.2. The third-order valence-electron chi connectivity index (χ3n) is 26.0. The predicted octanol–water partition coefficient (Wildman–Crippen LogP) is -9.90. The number of nitrogens with zero attached hydrogens (tertiary/aromatic N) is 5. The lowest BCUT2D eigenvalue weighted by Gasteiger charge is -2.39. The topological polar surface area (TPSA) is 896 Å². The maximum Gasteiger partial charge on any atom is 0.451 e. The SMILES string of the molecule is CC(C)(N)C(C)(C)NS(=O)(=O)N1C[C@H](CCCB(O)O)[C@](N)(C(=O)O)C1.CC(C)(N)C(C)(C)NS(=O)(=O)N1C[C@H](CCCB(O)O)[C@](N)(C(=O)O)C1.C[C@@H](N)C(C)(C)NS(=O)(=O)N1C[C@H](CCCB(O)O)[C@](N)(C(=O)O)C1.C[C@@]1(NS(=O)(=O)N2C[C@H](CCCB(O)O)[C@](N)(C(=O)O)C2)C[C@@]1(C)N.C[C@H](N)C(C)(C)NS(=O)(=O)N1C[C@H](CCCB(O)O)[C@](N)(C(=O)O)C1. The van der Waals surface area contributed by atoms with Crippen LogP contribution in [0, 0.1) is 29.6 Å². The molecule has 127 heavy (non-hydrogen) atoms. The molecule has 40 N–H and O–H groups in total. The zero-order valence-corrected chi connectivity index (χ0v) is 79.8. The number of aliphatic carboxylic acids is 5. The molecule has 1 aliphatic carbocycles. The van der Waals surface area contributed by atoms with Crippen molar-refractivity contribution in [2.75, 3.05) is 65.4 Å². The van der Waals surface area contributed by atoms with Gasteiger partial charge < -0.3 is 133 Å². The molecule has 1 saturated carbocycles. The Labute approximate surface area is 748 Å². The van der Waals surface area contributed by atoms with E-state index in [9.17, 15) is 91.6 Å². The Morgan fingerprint density at radius 3 is 0.661 bits per heavy atom. The highest BCUT2D eigenvalue weighted by Crippen LogP contribution is 2.46. The Morgan fingerprint density at radius 2 is 0.520 bits per heavy atom. The Bertz CT molecular complexity index is 3960. The number of carboxylic acids is 5. The molecule has 14 atom stereocenters. The van der Waals surface area contributed by atoms with Crippen LogP contribution in [0.2, 0.25) is 31.6 Å². The second-order valence-electron chi connectivity index (χ2n) is 38.9. The maximum absolute atomic E-state index is 12.8. The summed E-state index contributed by atoms with van der Waals surface area (Å²) in [7, 11) is -27.4. The zero-order valence-electron chi connectivity index (χ0n) is 75.7. The Balaban J connectivity index is 0.000000538. The second kappa shape index (κ2) is 44.4. The van der Waals surface area contributed by atoms with Crippen molar-refractivity contribution in [3.8, 4) is 0 Å². The van der Waals surface area contributed by atoms with Gasteiger partial charge in [-0.2, -0.15) is 87.2 Å². The normalized spacial score (nSPS) is 28.5. The van der Waals surface area contributed by atoms with Crippen molar-refractivity contribution < 1.29 is 142 Å². The Kier molecular flexibility index (Phi) is 41.7. The van der Waals surface area contributed by atoms with E-state index in [2.05, 4.69) is 23.6 Å². The van der Waals surface area contributed by atoms with E-state index in [1.54, 1.807) is 111 Å². The number of nitrogens with two attached hydrogens (primary N) is 10. The Morgan fingerprint density at radius 1 is 0.354 bits per heavy atom. The van der Waals surface area contributed by atoms with Crippen molar-refractivity contribution in [3.05, 3.63) is 0 Å². The monoisotopic (exact) mass is 1930 g/mol. The minimum Gasteiger partial charge on any atom is -0.480 e. The van der Waals surface area contributed by atoms with Crippen molar-refractivity contribution in [2.45, 2.75) is 297 Å². The summed E-state index contributed by atoms with van der Waals surface area (Å²) in [5.41, 5.74) is 44.0. The van der Waals surface area contributed by atoms with E-state index in [0.717, 1.165) is 21.5 Å². The van der Waals surface area contributed by atoms with E-state index in [-0.39, 0.29) is 129 Å². The number of hydrogen-bond donors (Lipinski definition) is 30. The van der Waals surface area contributed by atoms with Gasteiger partial charge in [0.05, 0.1) is 5.54 Å². The first-order chi connectivity index (χ1) is 56.7. The highest BCUT2D eigenvalue weighted by molar-refractivity contribution is 7.88. The van der Waals surface area contributed by atoms with Crippen LogP contribution in [0.15, 0.2) is 0 Å². The summed E-state index contributed by atoms with van der Waals surface area (Å²) in [5, 5.41) is 137. The smallest absolute Gasteiger partial charge is 0.451 e. The van der Waals surface area contributed by atoms with Gasteiger partial charge >= 0.3 is 65.4 Å². The third-order valence-corrected chi connectivity index (χ3v) is 34.6. The van der Waals surface area contributed by atoms with E-state index in [1.807, 2.05) is 0 Å². The maximum atomic E-state index is 12.8. The number of carbonyl (C=O) groups is 5. The molecule has 5 saturated heterocycles. The Hall–Kier alpha value is -3.78. The predicted molar refractivity (Wildman–Crippen MR) is 475 cm³/mol. The molecule has 0 spiro atoms. The van der Waals surface area contributed by atoms with Gasteiger partial charge in [0.15, 0.2) is 0 Å². The quantitative estimate of drug-likeness (QED) is 0.0252. The van der Waals surface area contributed by atoms with Crippen molar-refractivity contribution in [3.63, 3.8) is 0 Å². The van der Waals surface area contributed by atoms with Crippen LogP contribution in [0.3, 0.4) is 0 Å². The molecule has 5 aliphatic heterocycles. The van der Waals surface area contributed by atoms with Gasteiger partial charge in [0.1, 0.15) is 27.7 Å². The van der Waals surface area contributed by atoms with E-state index >= 15 is 0 Å². The van der Waals surface area contributed by atoms with Gasteiger partial charge in [-0.15, -0.1) is 0 Å². The molecule has 0 unspecified atom stereocenters. The lowest BCUT2D eigenvalue weighted by atomic mass is 9.78. The van der Waals surface area contributed by atoms with Crippen molar-refractivity contribution in [1.29, 1.82) is 0 Å². The van der Waals surface area contributed by atoms with Crippen LogP contribution in [0.25, 0.3) is 0 Å². The molecule has 60 heteroatoms. The molecule has 5 heterocycles. The number of nitrogens with one attached hydrogen (secondary N) is 5. The first-order valence-electron chi connectivity index (χ1n) is 41.5. The summed E-state index contributed by atoms with van der Waals surface area (Å²) < 4.78 is 145. The van der Waals surface area contributed by atoms with Gasteiger partial charge in [-0.3, -0.25) is 24.0 Å². The molecular formula is C67H147B5N20O30S5. The van der Waals surface area contributed by atoms with Crippen molar-refractivity contribution >= 4 is 116 Å². The first kappa shape index (κ1) is 119. The molecule has 6 rings (SSSR count). The molecule has 0 amide bonds. The van der Waals surface area contributed by atoms with Crippen LogP contribution in [-0.4, -0.2) is 354 Å². The minimum absolute atomic E-state index is 0.0446. The van der Waals surface area contributed by atoms with Gasteiger partial charge in [0.25, 0.3) is 51.0 Å². The fraction of sp³-hybridized carbons (Fsp3) is 0.925. The number of carboxylic acid groups (broad SMARTS) is 5. The lowest BCUT2D eigenvalue weighted by molar-refractivity contribution is -0.145. The average molecular weight is 1930 g/mol. The largest absolute Gasteiger partial charge is 0.480 e. The van der Waals surface area contributed by atoms with Crippen LogP contribution < -0.4 is 80.9 Å². The minimum atomic E-state index is -4.02. The van der Waals surface area contributed by atoms with Crippen molar-refractivity contribution in [2.24, 2.45) is 86.9 Å². The van der Waals surface area contributed by atoms with Gasteiger partial charge in [-0.1, -0.05) is 32.1 Å². The highest BCUT2D eigenvalue weighted by Gasteiger charge is 2.63. The van der Waals surface area contributed by atoms with Crippen LogP contribution >= 0.6 is 0 Å². The fourth-order valence-electron chi connectivity index (χ4n) is 14.3. The van der Waals surface area contributed by atoms with Crippen LogP contribution in [0.1, 0.15) is 181 Å².